The predicted octanol–water partition coefficient (Wildman–Crippen LogP) is 1.01. The Balaban J connectivity index is 2.31. The highest BCUT2D eigenvalue weighted by atomic mass is 16.5. The molecule has 0 fully saturated rings. The van der Waals surface area contributed by atoms with E-state index in [2.05, 4.69) is 10.1 Å². The van der Waals surface area contributed by atoms with E-state index in [0.29, 0.717) is 24.2 Å². The van der Waals surface area contributed by atoms with Gasteiger partial charge in [0.2, 0.25) is 6.23 Å². The summed E-state index contributed by atoms with van der Waals surface area (Å²) in [5.41, 5.74) is 1.84. The van der Waals surface area contributed by atoms with E-state index in [9.17, 15) is 19.8 Å². The highest BCUT2D eigenvalue weighted by Crippen LogP contribution is 2.43. The molecule has 0 aromatic heterocycles. The maximum absolute atomic E-state index is 12.5. The number of methoxy groups -OCH3 is 1. The second-order valence-corrected chi connectivity index (χ2v) is 6.26. The second-order valence-electron chi connectivity index (χ2n) is 6.26. The molecule has 0 bridgehead atoms. The van der Waals surface area contributed by atoms with Crippen LogP contribution in [0.15, 0.2) is 0 Å². The van der Waals surface area contributed by atoms with Gasteiger partial charge in [0, 0.05) is 12.0 Å². The Labute approximate surface area is 140 Å². The van der Waals surface area contributed by atoms with Gasteiger partial charge in [0.25, 0.3) is 5.91 Å². The molecule has 7 nitrogen and oxygen atoms in total. The Morgan fingerprint density at radius 2 is 1.88 bits per heavy atom. The number of benzene rings is 1. The lowest BCUT2D eigenvalue weighted by molar-refractivity contribution is -0.157. The molecular formula is C17H23NO6. The molecule has 24 heavy (non-hydrogen) atoms. The first-order chi connectivity index (χ1) is 11.1. The van der Waals surface area contributed by atoms with E-state index in [0.717, 1.165) is 23.8 Å². The number of ether oxygens (including phenoxy) is 2. The highest BCUT2D eigenvalue weighted by Gasteiger charge is 2.42. The molecule has 0 radical (unpaired) electrons. The predicted molar refractivity (Wildman–Crippen MR) is 85.8 cm³/mol. The number of rotatable bonds is 3. The van der Waals surface area contributed by atoms with Crippen molar-refractivity contribution in [2.24, 2.45) is 0 Å². The maximum Gasteiger partial charge on any atom is 0.356 e. The van der Waals surface area contributed by atoms with Gasteiger partial charge in [-0.3, -0.25) is 4.79 Å². The summed E-state index contributed by atoms with van der Waals surface area (Å²) >= 11 is 0. The number of esters is 1. The van der Waals surface area contributed by atoms with Gasteiger partial charge in [0.1, 0.15) is 11.5 Å². The monoisotopic (exact) mass is 337 g/mol. The molecule has 2 unspecified atom stereocenters. The summed E-state index contributed by atoms with van der Waals surface area (Å²) in [4.78, 5) is 23.7. The summed E-state index contributed by atoms with van der Waals surface area (Å²) in [5.74, 6) is -0.743. The first-order valence-electron chi connectivity index (χ1n) is 7.70. The van der Waals surface area contributed by atoms with Crippen molar-refractivity contribution in [1.82, 2.24) is 5.32 Å². The minimum Gasteiger partial charge on any atom is -0.507 e. The molecule has 0 aliphatic carbocycles. The lowest BCUT2D eigenvalue weighted by atomic mass is 9.86. The number of fused-ring (bicyclic) bond motifs is 1. The fraction of sp³-hybridized carbons (Fsp3) is 0.529. The van der Waals surface area contributed by atoms with Crippen molar-refractivity contribution in [2.45, 2.75) is 52.4 Å². The number of aromatic hydroxyl groups is 1. The van der Waals surface area contributed by atoms with Crippen molar-refractivity contribution in [3.8, 4) is 11.5 Å². The summed E-state index contributed by atoms with van der Waals surface area (Å²) in [6.45, 7) is 7.02. The van der Waals surface area contributed by atoms with Gasteiger partial charge in [-0.2, -0.15) is 0 Å². The summed E-state index contributed by atoms with van der Waals surface area (Å²) in [7, 11) is 1.12. The largest absolute Gasteiger partial charge is 0.507 e. The minimum absolute atomic E-state index is 0.240. The molecule has 0 saturated carbocycles. The molecule has 0 spiro atoms. The van der Waals surface area contributed by atoms with E-state index < -0.39 is 23.7 Å². The molecule has 1 aromatic rings. The standard InChI is InChI=1S/C17H23NO6/c1-8-9(2)13-11(10(3)12(8)19)6-7-17(4,24-13)16(22)18-14(20)15(21)23-5/h14,19-20H,6-7H2,1-5H3,(H,18,22). The van der Waals surface area contributed by atoms with Crippen molar-refractivity contribution >= 4 is 11.9 Å². The molecule has 1 amide bonds. The quantitative estimate of drug-likeness (QED) is 0.561. The molecule has 3 N–H and O–H groups in total. The molecule has 132 valence electrons. The smallest absolute Gasteiger partial charge is 0.356 e. The SMILES string of the molecule is COC(=O)C(O)NC(=O)C1(C)CCc2c(C)c(O)c(C)c(C)c2O1. The zero-order valence-electron chi connectivity index (χ0n) is 14.5. The molecule has 1 heterocycles. The van der Waals surface area contributed by atoms with Crippen LogP contribution < -0.4 is 10.1 Å². The van der Waals surface area contributed by atoms with Crippen LogP contribution in [0.3, 0.4) is 0 Å². The topological polar surface area (TPSA) is 105 Å². The molecule has 1 aromatic carbocycles. The van der Waals surface area contributed by atoms with E-state index in [4.69, 9.17) is 4.74 Å². The minimum atomic E-state index is -1.74. The number of hydrogen-bond acceptors (Lipinski definition) is 6. The third-order valence-electron chi connectivity index (χ3n) is 4.69. The number of carbonyl (C=O) groups excluding carboxylic acids is 2. The van der Waals surface area contributed by atoms with E-state index >= 15 is 0 Å². The van der Waals surface area contributed by atoms with E-state index in [1.54, 1.807) is 13.8 Å². The third kappa shape index (κ3) is 2.91. The number of carbonyl (C=O) groups is 2. The fourth-order valence-corrected chi connectivity index (χ4v) is 2.85. The number of aliphatic hydroxyl groups excluding tert-OH is 1. The Hall–Kier alpha value is -2.28. The average molecular weight is 337 g/mol. The van der Waals surface area contributed by atoms with Crippen molar-refractivity contribution in [3.05, 3.63) is 22.3 Å². The van der Waals surface area contributed by atoms with Crippen LogP contribution in [0.4, 0.5) is 0 Å². The summed E-state index contributed by atoms with van der Waals surface area (Å²) in [5, 5.41) is 22.0. The fourth-order valence-electron chi connectivity index (χ4n) is 2.85. The zero-order chi connectivity index (χ0) is 18.2. The first kappa shape index (κ1) is 18.1. The van der Waals surface area contributed by atoms with Gasteiger partial charge in [-0.1, -0.05) is 0 Å². The Morgan fingerprint density at radius 3 is 2.46 bits per heavy atom. The van der Waals surface area contributed by atoms with E-state index in [1.807, 2.05) is 13.8 Å². The van der Waals surface area contributed by atoms with Crippen LogP contribution in [0.1, 0.15) is 35.6 Å². The number of amides is 1. The molecular weight excluding hydrogens is 314 g/mol. The number of nitrogens with one attached hydrogen (secondary N) is 1. The summed E-state index contributed by atoms with van der Waals surface area (Å²) < 4.78 is 10.3. The van der Waals surface area contributed by atoms with Crippen molar-refractivity contribution < 1.29 is 29.3 Å². The van der Waals surface area contributed by atoms with Crippen LogP contribution in [-0.4, -0.2) is 41.0 Å². The van der Waals surface area contributed by atoms with Crippen LogP contribution in [0.2, 0.25) is 0 Å². The molecule has 2 atom stereocenters. The molecule has 0 saturated heterocycles. The van der Waals surface area contributed by atoms with Gasteiger partial charge in [0.15, 0.2) is 5.60 Å². The summed E-state index contributed by atoms with van der Waals surface area (Å²) in [6.07, 6.45) is -0.856. The van der Waals surface area contributed by atoms with E-state index in [1.165, 1.54) is 0 Å². The van der Waals surface area contributed by atoms with Gasteiger partial charge >= 0.3 is 5.97 Å². The molecule has 7 heteroatoms. The van der Waals surface area contributed by atoms with Gasteiger partial charge in [-0.05, 0) is 50.8 Å². The number of phenolic OH excluding ortho intramolecular Hbond substituents is 1. The molecule has 2 rings (SSSR count). The van der Waals surface area contributed by atoms with Crippen LogP contribution in [0.5, 0.6) is 11.5 Å². The van der Waals surface area contributed by atoms with Crippen molar-refractivity contribution in [3.63, 3.8) is 0 Å². The van der Waals surface area contributed by atoms with Crippen LogP contribution in [0.25, 0.3) is 0 Å². The van der Waals surface area contributed by atoms with E-state index in [-0.39, 0.29) is 5.75 Å². The van der Waals surface area contributed by atoms with Gasteiger partial charge < -0.3 is 25.0 Å². The lowest BCUT2D eigenvalue weighted by Crippen LogP contribution is -2.55. The highest BCUT2D eigenvalue weighted by molar-refractivity contribution is 5.89. The number of aliphatic hydroxyl groups is 1. The van der Waals surface area contributed by atoms with Crippen LogP contribution in [0, 0.1) is 20.8 Å². The van der Waals surface area contributed by atoms with Crippen LogP contribution >= 0.6 is 0 Å². The van der Waals surface area contributed by atoms with Crippen molar-refractivity contribution in [2.75, 3.05) is 7.11 Å². The second kappa shape index (κ2) is 6.32. The maximum atomic E-state index is 12.5. The van der Waals surface area contributed by atoms with Gasteiger partial charge in [-0.15, -0.1) is 0 Å². The number of hydrogen-bond donors (Lipinski definition) is 3. The van der Waals surface area contributed by atoms with Crippen molar-refractivity contribution in [1.29, 1.82) is 0 Å². The normalized spacial score (nSPS) is 20.6. The van der Waals surface area contributed by atoms with Crippen LogP contribution in [-0.2, 0) is 20.7 Å². The average Bonchev–Trinajstić information content (AvgIpc) is 2.56. The lowest BCUT2D eigenvalue weighted by Gasteiger charge is -2.36. The molecule has 1 aliphatic heterocycles. The third-order valence-corrected chi connectivity index (χ3v) is 4.69. The Kier molecular flexibility index (Phi) is 4.75. The van der Waals surface area contributed by atoms with Gasteiger partial charge in [-0.25, -0.2) is 4.79 Å². The first-order valence-corrected chi connectivity index (χ1v) is 7.70. The Morgan fingerprint density at radius 1 is 1.25 bits per heavy atom. The summed E-state index contributed by atoms with van der Waals surface area (Å²) in [6, 6.07) is 0. The van der Waals surface area contributed by atoms with Gasteiger partial charge in [0.05, 0.1) is 7.11 Å². The number of phenols is 1. The zero-order valence-corrected chi connectivity index (χ0v) is 14.5. The molecule has 1 aliphatic rings. The Bertz CT molecular complexity index is 699.